The number of anilines is 1. The van der Waals surface area contributed by atoms with Gasteiger partial charge in [0.2, 0.25) is 11.8 Å². The number of hydrogen-bond donors (Lipinski definition) is 1. The first-order valence-corrected chi connectivity index (χ1v) is 14.6. The zero-order chi connectivity index (χ0) is 29.7. The molecule has 0 bridgehead atoms. The topological polar surface area (TPSA) is 96.0 Å². The normalized spacial score (nSPS) is 12.4. The van der Waals surface area contributed by atoms with Gasteiger partial charge >= 0.3 is 0 Å². The van der Waals surface area contributed by atoms with Gasteiger partial charge in [-0.2, -0.15) is 0 Å². The molecule has 0 aromatic heterocycles. The van der Waals surface area contributed by atoms with E-state index in [2.05, 4.69) is 5.32 Å². The van der Waals surface area contributed by atoms with Crippen molar-refractivity contribution in [2.75, 3.05) is 18.0 Å². The third-order valence-corrected chi connectivity index (χ3v) is 8.28. The molecule has 0 aliphatic rings. The number of aryl methyl sites for hydroxylation is 1. The number of amides is 2. The molecule has 0 fully saturated rings. The minimum Gasteiger partial charge on any atom is -0.497 e. The van der Waals surface area contributed by atoms with Gasteiger partial charge in [-0.1, -0.05) is 53.6 Å². The molecule has 3 rings (SSSR count). The number of nitrogens with one attached hydrogen (secondary N) is 1. The molecule has 0 aliphatic heterocycles. The van der Waals surface area contributed by atoms with Crippen LogP contribution >= 0.6 is 11.6 Å². The summed E-state index contributed by atoms with van der Waals surface area (Å²) in [5.74, 6) is -0.280. The van der Waals surface area contributed by atoms with Crippen molar-refractivity contribution in [3.8, 4) is 5.75 Å². The SMILES string of the molecule is COc1ccc(CN(C(=O)CN(c2ccccc2Cl)S(=O)(=O)c2ccc(C)cc2)[C@H](C)C(=O)NC(C)(C)C)cc1. The number of carbonyl (C=O) groups excluding carboxylic acids is 2. The lowest BCUT2D eigenvalue weighted by Gasteiger charge is -2.33. The molecule has 1 atom stereocenters. The van der Waals surface area contributed by atoms with Gasteiger partial charge in [0.25, 0.3) is 10.0 Å². The van der Waals surface area contributed by atoms with Crippen molar-refractivity contribution in [1.29, 1.82) is 0 Å². The van der Waals surface area contributed by atoms with Gasteiger partial charge in [-0.05, 0) is 76.6 Å². The van der Waals surface area contributed by atoms with E-state index in [0.717, 1.165) is 15.4 Å². The Hall–Kier alpha value is -3.56. The number of para-hydroxylation sites is 1. The lowest BCUT2D eigenvalue weighted by molar-refractivity contribution is -0.140. The zero-order valence-corrected chi connectivity index (χ0v) is 25.2. The number of halogens is 1. The second-order valence-corrected chi connectivity index (χ2v) is 12.8. The van der Waals surface area contributed by atoms with Gasteiger partial charge < -0.3 is 15.0 Å². The molecular weight excluding hydrogens is 550 g/mol. The number of sulfonamides is 1. The van der Waals surface area contributed by atoms with E-state index in [1.165, 1.54) is 17.0 Å². The summed E-state index contributed by atoms with van der Waals surface area (Å²) in [7, 11) is -2.64. The Balaban J connectivity index is 2.04. The third kappa shape index (κ3) is 7.76. The van der Waals surface area contributed by atoms with Gasteiger partial charge in [-0.15, -0.1) is 0 Å². The number of benzene rings is 3. The predicted molar refractivity (Wildman–Crippen MR) is 158 cm³/mol. The molecule has 3 aromatic carbocycles. The first-order chi connectivity index (χ1) is 18.7. The highest BCUT2D eigenvalue weighted by atomic mass is 35.5. The summed E-state index contributed by atoms with van der Waals surface area (Å²) in [6.45, 7) is 8.52. The van der Waals surface area contributed by atoms with Crippen molar-refractivity contribution in [3.05, 3.63) is 88.9 Å². The highest BCUT2D eigenvalue weighted by Crippen LogP contribution is 2.31. The van der Waals surface area contributed by atoms with Crippen LogP contribution in [0.1, 0.15) is 38.8 Å². The molecule has 3 aromatic rings. The lowest BCUT2D eigenvalue weighted by Crippen LogP contribution is -2.54. The summed E-state index contributed by atoms with van der Waals surface area (Å²) in [5.41, 5.74) is 1.27. The van der Waals surface area contributed by atoms with Crippen molar-refractivity contribution in [3.63, 3.8) is 0 Å². The summed E-state index contributed by atoms with van der Waals surface area (Å²) >= 11 is 6.44. The Morgan fingerprint density at radius 1 is 0.975 bits per heavy atom. The van der Waals surface area contributed by atoms with E-state index in [0.29, 0.717) is 5.75 Å². The second kappa shape index (κ2) is 12.7. The average molecular weight is 586 g/mol. The van der Waals surface area contributed by atoms with Crippen LogP contribution in [-0.4, -0.2) is 50.4 Å². The first kappa shape index (κ1) is 31.0. The molecule has 1 N–H and O–H groups in total. The van der Waals surface area contributed by atoms with E-state index in [4.69, 9.17) is 16.3 Å². The summed E-state index contributed by atoms with van der Waals surface area (Å²) < 4.78 is 34.0. The fraction of sp³-hybridized carbons (Fsp3) is 0.333. The quantitative estimate of drug-likeness (QED) is 0.353. The van der Waals surface area contributed by atoms with Gasteiger partial charge in [-0.3, -0.25) is 13.9 Å². The van der Waals surface area contributed by atoms with Crippen molar-refractivity contribution in [2.24, 2.45) is 0 Å². The monoisotopic (exact) mass is 585 g/mol. The number of ether oxygens (including phenoxy) is 1. The molecule has 10 heteroatoms. The Morgan fingerprint density at radius 3 is 2.12 bits per heavy atom. The Bertz CT molecular complexity index is 1440. The van der Waals surface area contributed by atoms with Crippen LogP contribution in [0.15, 0.2) is 77.7 Å². The Labute approximate surface area is 241 Å². The maximum absolute atomic E-state index is 14.0. The predicted octanol–water partition coefficient (Wildman–Crippen LogP) is 5.18. The van der Waals surface area contributed by atoms with Gasteiger partial charge in [0.05, 0.1) is 22.7 Å². The second-order valence-electron chi connectivity index (χ2n) is 10.6. The lowest BCUT2D eigenvalue weighted by atomic mass is 10.1. The smallest absolute Gasteiger partial charge is 0.264 e. The highest BCUT2D eigenvalue weighted by Gasteiger charge is 2.34. The van der Waals surface area contributed by atoms with E-state index >= 15 is 0 Å². The third-order valence-electron chi connectivity index (χ3n) is 6.19. The molecule has 0 saturated heterocycles. The summed E-state index contributed by atoms with van der Waals surface area (Å²) in [6.07, 6.45) is 0. The number of nitrogens with zero attached hydrogens (tertiary/aromatic N) is 2. The summed E-state index contributed by atoms with van der Waals surface area (Å²) in [6, 6.07) is 19.0. The summed E-state index contributed by atoms with van der Waals surface area (Å²) in [5, 5.41) is 3.08. The Morgan fingerprint density at radius 2 is 1.57 bits per heavy atom. The maximum atomic E-state index is 14.0. The standard InChI is InChI=1S/C30H36ClN3O5S/c1-21-11-17-25(18-12-21)40(37,38)34(27-10-8-7-9-26(27)31)20-28(35)33(22(2)29(36)32-30(3,4)5)19-23-13-15-24(39-6)16-14-23/h7-18,22H,19-20H2,1-6H3,(H,32,36)/t22-/m1/s1. The molecule has 0 radical (unpaired) electrons. The fourth-order valence-electron chi connectivity index (χ4n) is 3.99. The van der Waals surface area contributed by atoms with Gasteiger partial charge in [0.15, 0.2) is 0 Å². The van der Waals surface area contributed by atoms with Gasteiger partial charge in [-0.25, -0.2) is 8.42 Å². The van der Waals surface area contributed by atoms with Gasteiger partial charge in [0.1, 0.15) is 18.3 Å². The molecular formula is C30H36ClN3O5S. The average Bonchev–Trinajstić information content (AvgIpc) is 2.90. The van der Waals surface area contributed by atoms with E-state index < -0.39 is 34.1 Å². The molecule has 0 saturated carbocycles. The number of hydrogen-bond acceptors (Lipinski definition) is 5. The van der Waals surface area contributed by atoms with E-state index in [1.54, 1.807) is 74.7 Å². The summed E-state index contributed by atoms with van der Waals surface area (Å²) in [4.78, 5) is 28.6. The van der Waals surface area contributed by atoms with Crippen molar-refractivity contribution in [2.45, 2.75) is 57.6 Å². The molecule has 214 valence electrons. The van der Waals surface area contributed by atoms with E-state index in [-0.39, 0.29) is 28.1 Å². The number of methoxy groups -OCH3 is 1. The first-order valence-electron chi connectivity index (χ1n) is 12.8. The number of rotatable bonds is 10. The molecule has 40 heavy (non-hydrogen) atoms. The van der Waals surface area contributed by atoms with Crippen LogP contribution in [-0.2, 0) is 26.2 Å². The van der Waals surface area contributed by atoms with E-state index in [1.807, 2.05) is 27.7 Å². The minimum atomic E-state index is -4.19. The molecule has 0 unspecified atom stereocenters. The van der Waals surface area contributed by atoms with Gasteiger partial charge in [0, 0.05) is 12.1 Å². The molecule has 0 spiro atoms. The van der Waals surface area contributed by atoms with Crippen LogP contribution in [0, 0.1) is 6.92 Å². The molecule has 8 nitrogen and oxygen atoms in total. The van der Waals surface area contributed by atoms with Crippen LogP contribution in [0.3, 0.4) is 0 Å². The van der Waals surface area contributed by atoms with Crippen molar-refractivity contribution in [1.82, 2.24) is 10.2 Å². The van der Waals surface area contributed by atoms with Crippen LogP contribution in [0.4, 0.5) is 5.69 Å². The largest absolute Gasteiger partial charge is 0.497 e. The van der Waals surface area contributed by atoms with Crippen LogP contribution in [0.25, 0.3) is 0 Å². The maximum Gasteiger partial charge on any atom is 0.264 e. The van der Waals surface area contributed by atoms with E-state index in [9.17, 15) is 18.0 Å². The van der Waals surface area contributed by atoms with Crippen molar-refractivity contribution < 1.29 is 22.7 Å². The fourth-order valence-corrected chi connectivity index (χ4v) is 5.71. The Kier molecular flexibility index (Phi) is 9.87. The molecule has 2 amide bonds. The minimum absolute atomic E-state index is 0.0195. The zero-order valence-electron chi connectivity index (χ0n) is 23.6. The van der Waals surface area contributed by atoms with Crippen LogP contribution < -0.4 is 14.4 Å². The van der Waals surface area contributed by atoms with Crippen LogP contribution in [0.5, 0.6) is 5.75 Å². The van der Waals surface area contributed by atoms with Crippen molar-refractivity contribution >= 4 is 39.1 Å². The molecule has 0 aliphatic carbocycles. The number of carbonyl (C=O) groups is 2. The molecule has 0 heterocycles. The highest BCUT2D eigenvalue weighted by molar-refractivity contribution is 7.92. The van der Waals surface area contributed by atoms with Crippen LogP contribution in [0.2, 0.25) is 5.02 Å².